The van der Waals surface area contributed by atoms with E-state index in [1.54, 1.807) is 0 Å². The minimum absolute atomic E-state index is 0.0135. The quantitative estimate of drug-likeness (QED) is 0.0438. The van der Waals surface area contributed by atoms with E-state index >= 15 is 0 Å². The number of carbonyl (C=O) groups is 2. The molecule has 1 amide bonds. The van der Waals surface area contributed by atoms with Crippen LogP contribution < -0.4 is 5.32 Å². The van der Waals surface area contributed by atoms with Gasteiger partial charge in [-0.25, -0.2) is 0 Å². The average molecular weight is 696 g/mol. The maximum atomic E-state index is 12.3. The maximum absolute atomic E-state index is 12.3. The third-order valence-corrected chi connectivity index (χ3v) is 10.2. The Morgan fingerprint density at radius 2 is 0.837 bits per heavy atom. The Balaban J connectivity index is 3.45. The molecule has 0 rings (SSSR count). The van der Waals surface area contributed by atoms with Crippen LogP contribution in [0.5, 0.6) is 0 Å². The van der Waals surface area contributed by atoms with Gasteiger partial charge in [0.15, 0.2) is 0 Å². The first-order valence-corrected chi connectivity index (χ1v) is 21.8. The van der Waals surface area contributed by atoms with Crippen molar-refractivity contribution < 1.29 is 24.5 Å². The number of esters is 1. The summed E-state index contributed by atoms with van der Waals surface area (Å²) in [5.74, 6) is -0.0695. The predicted octanol–water partition coefficient (Wildman–Crippen LogP) is 12.1. The molecule has 3 N–H and O–H groups in total. The van der Waals surface area contributed by atoms with Gasteiger partial charge in [0.1, 0.15) is 0 Å². The van der Waals surface area contributed by atoms with Crippen LogP contribution in [0.1, 0.15) is 239 Å². The molecule has 0 saturated carbocycles. The Bertz CT molecular complexity index is 687. The number of aliphatic hydroxyl groups excluding tert-OH is 2. The fourth-order valence-corrected chi connectivity index (χ4v) is 6.75. The van der Waals surface area contributed by atoms with E-state index in [0.717, 1.165) is 57.8 Å². The number of unbranched alkanes of at least 4 members (excludes halogenated alkanes) is 29. The molecule has 292 valence electrons. The largest absolute Gasteiger partial charge is 0.466 e. The second kappa shape index (κ2) is 39.6. The van der Waals surface area contributed by atoms with E-state index in [2.05, 4.69) is 19.2 Å². The summed E-state index contributed by atoms with van der Waals surface area (Å²) < 4.78 is 5.43. The lowest BCUT2D eigenvalue weighted by molar-refractivity contribution is -0.143. The highest BCUT2D eigenvalue weighted by Crippen LogP contribution is 2.15. The molecule has 0 aromatic heterocycles. The Morgan fingerprint density at radius 1 is 0.490 bits per heavy atom. The van der Waals surface area contributed by atoms with Crippen molar-refractivity contribution in [1.29, 1.82) is 0 Å². The molecule has 0 aliphatic carbocycles. The zero-order valence-electron chi connectivity index (χ0n) is 32.9. The number of aliphatic hydroxyl groups is 2. The molecule has 0 saturated heterocycles. The molecule has 6 nitrogen and oxygen atoms in total. The van der Waals surface area contributed by atoms with Crippen molar-refractivity contribution in [1.82, 2.24) is 5.32 Å². The highest BCUT2D eigenvalue weighted by Gasteiger charge is 2.20. The molecule has 0 fully saturated rings. The molecule has 0 heterocycles. The summed E-state index contributed by atoms with van der Waals surface area (Å²) in [5.41, 5.74) is 0. The standard InChI is InChI=1S/C43H85NO5/c1-3-5-7-9-11-13-14-17-21-25-29-33-37-43(48)49-38-34-30-26-22-18-15-16-20-24-28-32-36-42(47)44-40(39-45)41(46)35-31-27-23-19-12-10-8-6-4-2/h40-41,45-46H,3-39H2,1-2H3,(H,44,47). The van der Waals surface area contributed by atoms with Gasteiger partial charge >= 0.3 is 5.97 Å². The maximum Gasteiger partial charge on any atom is 0.305 e. The van der Waals surface area contributed by atoms with Crippen LogP contribution >= 0.6 is 0 Å². The average Bonchev–Trinajstić information content (AvgIpc) is 3.10. The number of hydrogen-bond donors (Lipinski definition) is 3. The molecule has 6 heteroatoms. The number of carbonyl (C=O) groups excluding carboxylic acids is 2. The van der Waals surface area contributed by atoms with Gasteiger partial charge in [-0.05, 0) is 25.7 Å². The molecule has 0 aromatic carbocycles. The summed E-state index contributed by atoms with van der Waals surface area (Å²) in [7, 11) is 0. The van der Waals surface area contributed by atoms with Gasteiger partial charge in [0.25, 0.3) is 0 Å². The van der Waals surface area contributed by atoms with Crippen LogP contribution in [-0.4, -0.2) is 47.4 Å². The molecule has 0 radical (unpaired) electrons. The molecular weight excluding hydrogens is 610 g/mol. The van der Waals surface area contributed by atoms with E-state index in [4.69, 9.17) is 4.74 Å². The summed E-state index contributed by atoms with van der Waals surface area (Å²) in [6, 6.07) is -0.550. The molecule has 0 aromatic rings. The minimum Gasteiger partial charge on any atom is -0.466 e. The highest BCUT2D eigenvalue weighted by molar-refractivity contribution is 5.76. The first-order valence-electron chi connectivity index (χ1n) is 21.8. The van der Waals surface area contributed by atoms with E-state index in [9.17, 15) is 19.8 Å². The lowest BCUT2D eigenvalue weighted by Crippen LogP contribution is -2.45. The van der Waals surface area contributed by atoms with Gasteiger partial charge in [-0.2, -0.15) is 0 Å². The molecule has 2 atom stereocenters. The van der Waals surface area contributed by atoms with Crippen molar-refractivity contribution in [2.45, 2.75) is 251 Å². The zero-order valence-corrected chi connectivity index (χ0v) is 32.9. The van der Waals surface area contributed by atoms with E-state index in [-0.39, 0.29) is 18.5 Å². The topological polar surface area (TPSA) is 95.9 Å². The fraction of sp³-hybridized carbons (Fsp3) is 0.953. The van der Waals surface area contributed by atoms with Crippen molar-refractivity contribution in [2.75, 3.05) is 13.2 Å². The lowest BCUT2D eigenvalue weighted by atomic mass is 10.0. The molecular formula is C43H85NO5. The molecule has 49 heavy (non-hydrogen) atoms. The van der Waals surface area contributed by atoms with Gasteiger partial charge in [0, 0.05) is 12.8 Å². The normalized spacial score (nSPS) is 12.7. The van der Waals surface area contributed by atoms with E-state index in [1.165, 1.54) is 148 Å². The highest BCUT2D eigenvalue weighted by atomic mass is 16.5. The second-order valence-electron chi connectivity index (χ2n) is 15.0. The fourth-order valence-electron chi connectivity index (χ4n) is 6.75. The van der Waals surface area contributed by atoms with Gasteiger partial charge in [-0.15, -0.1) is 0 Å². The Morgan fingerprint density at radius 3 is 1.24 bits per heavy atom. The number of amides is 1. The van der Waals surface area contributed by atoms with Gasteiger partial charge in [0.05, 0.1) is 25.4 Å². The van der Waals surface area contributed by atoms with Crippen LogP contribution in [0.2, 0.25) is 0 Å². The van der Waals surface area contributed by atoms with Gasteiger partial charge in [-0.1, -0.05) is 200 Å². The van der Waals surface area contributed by atoms with Crippen molar-refractivity contribution in [3.05, 3.63) is 0 Å². The third-order valence-electron chi connectivity index (χ3n) is 10.2. The number of ether oxygens (including phenoxy) is 1. The molecule has 2 unspecified atom stereocenters. The predicted molar refractivity (Wildman–Crippen MR) is 209 cm³/mol. The Labute approximate surface area is 305 Å². The van der Waals surface area contributed by atoms with Crippen LogP contribution in [0.15, 0.2) is 0 Å². The first kappa shape index (κ1) is 47.9. The second-order valence-corrected chi connectivity index (χ2v) is 15.0. The van der Waals surface area contributed by atoms with Crippen LogP contribution in [0, 0.1) is 0 Å². The van der Waals surface area contributed by atoms with E-state index in [1.807, 2.05) is 0 Å². The van der Waals surface area contributed by atoms with Crippen molar-refractivity contribution in [3.63, 3.8) is 0 Å². The van der Waals surface area contributed by atoms with Crippen molar-refractivity contribution >= 4 is 11.9 Å². The van der Waals surface area contributed by atoms with Gasteiger partial charge in [0.2, 0.25) is 5.91 Å². The third kappa shape index (κ3) is 36.5. The number of nitrogens with one attached hydrogen (secondary N) is 1. The van der Waals surface area contributed by atoms with Gasteiger partial charge < -0.3 is 20.3 Å². The summed E-state index contributed by atoms with van der Waals surface area (Å²) >= 11 is 0. The summed E-state index contributed by atoms with van der Waals surface area (Å²) in [6.07, 6.45) is 40.5. The zero-order chi connectivity index (χ0) is 35.9. The molecule has 0 spiro atoms. The monoisotopic (exact) mass is 696 g/mol. The molecule has 0 aliphatic heterocycles. The lowest BCUT2D eigenvalue weighted by Gasteiger charge is -2.22. The molecule has 0 aliphatic rings. The van der Waals surface area contributed by atoms with E-state index < -0.39 is 12.1 Å². The van der Waals surface area contributed by atoms with Crippen LogP contribution in [0.3, 0.4) is 0 Å². The summed E-state index contributed by atoms with van der Waals surface area (Å²) in [4.78, 5) is 24.3. The van der Waals surface area contributed by atoms with Crippen LogP contribution in [0.4, 0.5) is 0 Å². The van der Waals surface area contributed by atoms with Gasteiger partial charge in [-0.3, -0.25) is 9.59 Å². The number of hydrogen-bond acceptors (Lipinski definition) is 5. The SMILES string of the molecule is CCCCCCCCCCCCCCC(=O)OCCCCCCCCCCCCCC(=O)NC(CO)C(O)CCCCCCCCCCC. The smallest absolute Gasteiger partial charge is 0.305 e. The Hall–Kier alpha value is -1.14. The van der Waals surface area contributed by atoms with Crippen molar-refractivity contribution in [3.8, 4) is 0 Å². The summed E-state index contributed by atoms with van der Waals surface area (Å²) in [5, 5.41) is 23.0. The number of rotatable bonds is 40. The van der Waals surface area contributed by atoms with Crippen LogP contribution in [-0.2, 0) is 14.3 Å². The van der Waals surface area contributed by atoms with E-state index in [0.29, 0.717) is 25.9 Å². The first-order chi connectivity index (χ1) is 24.0. The van der Waals surface area contributed by atoms with Crippen LogP contribution in [0.25, 0.3) is 0 Å². The van der Waals surface area contributed by atoms with Crippen molar-refractivity contribution in [2.24, 2.45) is 0 Å². The summed E-state index contributed by atoms with van der Waals surface area (Å²) in [6.45, 7) is 4.88. The molecule has 0 bridgehead atoms. The minimum atomic E-state index is -0.671. The Kier molecular flexibility index (Phi) is 38.7.